The summed E-state index contributed by atoms with van der Waals surface area (Å²) in [5.74, 6) is 0.0631. The van der Waals surface area contributed by atoms with E-state index in [1.54, 1.807) is 29.9 Å². The Hall–Kier alpha value is -1.81. The predicted octanol–water partition coefficient (Wildman–Crippen LogP) is 3.59. The molecular formula is C14H15NO2S. The minimum absolute atomic E-state index is 0.0631. The molecule has 0 aliphatic rings. The van der Waals surface area contributed by atoms with Gasteiger partial charge in [-0.2, -0.15) is 0 Å². The molecule has 0 unspecified atom stereocenters. The molecule has 0 radical (unpaired) electrons. The van der Waals surface area contributed by atoms with Crippen LogP contribution in [0.2, 0.25) is 0 Å². The van der Waals surface area contributed by atoms with Crippen molar-refractivity contribution < 1.29 is 9.21 Å². The molecule has 0 bridgehead atoms. The summed E-state index contributed by atoms with van der Waals surface area (Å²) in [5.41, 5.74) is 2.19. The van der Waals surface area contributed by atoms with E-state index < -0.39 is 0 Å². The van der Waals surface area contributed by atoms with Gasteiger partial charge in [0.25, 0.3) is 0 Å². The molecule has 3 nitrogen and oxygen atoms in total. The third-order valence-electron chi connectivity index (χ3n) is 2.54. The lowest BCUT2D eigenvalue weighted by atomic mass is 10.2. The van der Waals surface area contributed by atoms with Gasteiger partial charge in [-0.3, -0.25) is 4.79 Å². The molecule has 2 aromatic heterocycles. The van der Waals surface area contributed by atoms with Crippen molar-refractivity contribution in [3.63, 3.8) is 0 Å². The van der Waals surface area contributed by atoms with Crippen LogP contribution in [0.3, 0.4) is 0 Å². The lowest BCUT2D eigenvalue weighted by molar-refractivity contribution is -0.121. The summed E-state index contributed by atoms with van der Waals surface area (Å²) in [6.07, 6.45) is 6.35. The molecule has 0 spiro atoms. The van der Waals surface area contributed by atoms with E-state index in [2.05, 4.69) is 23.3 Å². The number of allylic oxidation sites excluding steroid dienone is 1. The molecule has 0 saturated carbocycles. The van der Waals surface area contributed by atoms with E-state index in [0.29, 0.717) is 13.0 Å². The fourth-order valence-electron chi connectivity index (χ4n) is 1.56. The van der Waals surface area contributed by atoms with Crippen LogP contribution < -0.4 is 5.32 Å². The standard InChI is InChI=1S/C14H15NO2S/c1-2-3-4-14(16)15-8-13-7-12(10-18-13)11-5-6-17-9-11/h2,5-7,9-10H,1,3-4,8H2,(H,15,16). The van der Waals surface area contributed by atoms with E-state index in [9.17, 15) is 4.79 Å². The third-order valence-corrected chi connectivity index (χ3v) is 3.48. The molecule has 0 aromatic carbocycles. The van der Waals surface area contributed by atoms with E-state index >= 15 is 0 Å². The highest BCUT2D eigenvalue weighted by molar-refractivity contribution is 7.10. The van der Waals surface area contributed by atoms with Crippen molar-refractivity contribution in [1.82, 2.24) is 5.32 Å². The topological polar surface area (TPSA) is 42.2 Å². The van der Waals surface area contributed by atoms with Gasteiger partial charge in [-0.1, -0.05) is 6.08 Å². The summed E-state index contributed by atoms with van der Waals surface area (Å²) >= 11 is 1.64. The molecule has 94 valence electrons. The Kier molecular flexibility index (Phi) is 4.36. The minimum Gasteiger partial charge on any atom is -0.472 e. The second-order valence-electron chi connectivity index (χ2n) is 3.92. The number of furan rings is 1. The molecule has 2 heterocycles. The van der Waals surface area contributed by atoms with Gasteiger partial charge < -0.3 is 9.73 Å². The number of amides is 1. The fourth-order valence-corrected chi connectivity index (χ4v) is 2.39. The van der Waals surface area contributed by atoms with Crippen LogP contribution in [0.1, 0.15) is 17.7 Å². The summed E-state index contributed by atoms with van der Waals surface area (Å²) in [6, 6.07) is 4.00. The van der Waals surface area contributed by atoms with Gasteiger partial charge in [0.2, 0.25) is 5.91 Å². The van der Waals surface area contributed by atoms with Gasteiger partial charge in [-0.05, 0) is 29.5 Å². The Labute approximate surface area is 110 Å². The second-order valence-corrected chi connectivity index (χ2v) is 4.91. The molecule has 1 amide bonds. The zero-order valence-corrected chi connectivity index (χ0v) is 10.8. The first-order valence-corrected chi connectivity index (χ1v) is 6.65. The van der Waals surface area contributed by atoms with E-state index in [-0.39, 0.29) is 5.91 Å². The van der Waals surface area contributed by atoms with Crippen molar-refractivity contribution in [2.45, 2.75) is 19.4 Å². The first kappa shape index (κ1) is 12.6. The molecule has 18 heavy (non-hydrogen) atoms. The van der Waals surface area contributed by atoms with Gasteiger partial charge in [0.1, 0.15) is 0 Å². The van der Waals surface area contributed by atoms with Crippen LogP contribution in [0, 0.1) is 0 Å². The first-order chi connectivity index (χ1) is 8.79. The van der Waals surface area contributed by atoms with Crippen molar-refractivity contribution in [2.75, 3.05) is 0 Å². The molecule has 0 fully saturated rings. The number of thiophene rings is 1. The Morgan fingerprint density at radius 2 is 2.39 bits per heavy atom. The number of rotatable bonds is 6. The zero-order valence-electron chi connectivity index (χ0n) is 10.0. The summed E-state index contributed by atoms with van der Waals surface area (Å²) in [5, 5.41) is 4.96. The van der Waals surface area contributed by atoms with Gasteiger partial charge in [0.05, 0.1) is 19.1 Å². The molecule has 0 aliphatic carbocycles. The number of hydrogen-bond donors (Lipinski definition) is 1. The van der Waals surface area contributed by atoms with Crippen molar-refractivity contribution in [2.24, 2.45) is 0 Å². The van der Waals surface area contributed by atoms with E-state index in [0.717, 1.165) is 22.4 Å². The molecule has 1 N–H and O–H groups in total. The van der Waals surface area contributed by atoms with Gasteiger partial charge in [0.15, 0.2) is 0 Å². The predicted molar refractivity (Wildman–Crippen MR) is 73.3 cm³/mol. The monoisotopic (exact) mass is 261 g/mol. The van der Waals surface area contributed by atoms with Gasteiger partial charge in [-0.25, -0.2) is 0 Å². The van der Waals surface area contributed by atoms with Crippen LogP contribution in [0.15, 0.2) is 47.1 Å². The fraction of sp³-hybridized carbons (Fsp3) is 0.214. The Morgan fingerprint density at radius 1 is 1.50 bits per heavy atom. The molecule has 4 heteroatoms. The second kappa shape index (κ2) is 6.21. The van der Waals surface area contributed by atoms with Crippen molar-refractivity contribution in [3.05, 3.63) is 47.6 Å². The average molecular weight is 261 g/mol. The lowest BCUT2D eigenvalue weighted by Crippen LogP contribution is -2.21. The number of nitrogens with one attached hydrogen (secondary N) is 1. The van der Waals surface area contributed by atoms with Crippen LogP contribution in [0.4, 0.5) is 0 Å². The highest BCUT2D eigenvalue weighted by Crippen LogP contribution is 2.25. The number of carbonyl (C=O) groups excluding carboxylic acids is 1. The summed E-state index contributed by atoms with van der Waals surface area (Å²) in [7, 11) is 0. The summed E-state index contributed by atoms with van der Waals surface area (Å²) in [6.45, 7) is 4.18. The SMILES string of the molecule is C=CCCC(=O)NCc1cc(-c2ccoc2)cs1. The molecule has 0 saturated heterocycles. The summed E-state index contributed by atoms with van der Waals surface area (Å²) < 4.78 is 5.05. The van der Waals surface area contributed by atoms with Gasteiger partial charge in [0, 0.05) is 16.9 Å². The number of carbonyl (C=O) groups is 1. The Morgan fingerprint density at radius 3 is 3.11 bits per heavy atom. The maximum Gasteiger partial charge on any atom is 0.220 e. The first-order valence-electron chi connectivity index (χ1n) is 5.77. The normalized spacial score (nSPS) is 10.2. The minimum atomic E-state index is 0.0631. The molecule has 0 aliphatic heterocycles. The average Bonchev–Trinajstić information content (AvgIpc) is 3.03. The molecule has 2 rings (SSSR count). The largest absolute Gasteiger partial charge is 0.472 e. The third kappa shape index (κ3) is 3.34. The van der Waals surface area contributed by atoms with E-state index in [1.165, 1.54) is 0 Å². The maximum absolute atomic E-state index is 11.4. The van der Waals surface area contributed by atoms with Gasteiger partial charge in [-0.15, -0.1) is 17.9 Å². The number of hydrogen-bond acceptors (Lipinski definition) is 3. The van der Waals surface area contributed by atoms with E-state index in [1.807, 2.05) is 6.07 Å². The van der Waals surface area contributed by atoms with Crippen LogP contribution in [-0.4, -0.2) is 5.91 Å². The van der Waals surface area contributed by atoms with Crippen LogP contribution in [-0.2, 0) is 11.3 Å². The zero-order chi connectivity index (χ0) is 12.8. The van der Waals surface area contributed by atoms with E-state index in [4.69, 9.17) is 4.42 Å². The maximum atomic E-state index is 11.4. The van der Waals surface area contributed by atoms with Crippen LogP contribution >= 0.6 is 11.3 Å². The highest BCUT2D eigenvalue weighted by atomic mass is 32.1. The molecule has 2 aromatic rings. The Balaban J connectivity index is 1.87. The molecular weight excluding hydrogens is 246 g/mol. The Bertz CT molecular complexity index is 514. The van der Waals surface area contributed by atoms with Crippen LogP contribution in [0.5, 0.6) is 0 Å². The lowest BCUT2D eigenvalue weighted by Gasteiger charge is -2.01. The molecule has 0 atom stereocenters. The smallest absolute Gasteiger partial charge is 0.220 e. The summed E-state index contributed by atoms with van der Waals surface area (Å²) in [4.78, 5) is 12.6. The van der Waals surface area contributed by atoms with Gasteiger partial charge >= 0.3 is 0 Å². The highest BCUT2D eigenvalue weighted by Gasteiger charge is 2.05. The quantitative estimate of drug-likeness (QED) is 0.807. The van der Waals surface area contributed by atoms with Crippen molar-refractivity contribution in [1.29, 1.82) is 0 Å². The van der Waals surface area contributed by atoms with Crippen molar-refractivity contribution >= 4 is 17.2 Å². The van der Waals surface area contributed by atoms with Crippen LogP contribution in [0.25, 0.3) is 11.1 Å². The van der Waals surface area contributed by atoms with Crippen molar-refractivity contribution in [3.8, 4) is 11.1 Å².